The Bertz CT molecular complexity index is 1290. The minimum absolute atomic E-state index is 0.284. The normalized spacial score (nSPS) is 12.1. The highest BCUT2D eigenvalue weighted by atomic mass is 19.4. The third-order valence-corrected chi connectivity index (χ3v) is 4.68. The molecule has 0 fully saturated rings. The highest BCUT2D eigenvalue weighted by molar-refractivity contribution is 6.14. The van der Waals surface area contributed by atoms with E-state index in [0.717, 1.165) is 0 Å². The standard InChI is InChI=1S/C24H18F3N3O2/c1-16-21(23(31)30(29-16)19-10-6-3-7-11-19)22(17-8-4-2-5-9-17)28-18-12-14-20(15-13-18)32-24(25,26)27/h2-15,29H,1H3. The summed E-state index contributed by atoms with van der Waals surface area (Å²) in [5, 5.41) is 3.08. The lowest BCUT2D eigenvalue weighted by Gasteiger charge is -2.09. The van der Waals surface area contributed by atoms with E-state index in [0.29, 0.717) is 33.9 Å². The number of hydrogen-bond donors (Lipinski definition) is 1. The molecule has 1 heterocycles. The van der Waals surface area contributed by atoms with Crippen LogP contribution in [0.25, 0.3) is 5.69 Å². The van der Waals surface area contributed by atoms with E-state index in [-0.39, 0.29) is 11.3 Å². The van der Waals surface area contributed by atoms with Crippen molar-refractivity contribution in [2.75, 3.05) is 0 Å². The molecule has 0 aliphatic heterocycles. The quantitative estimate of drug-likeness (QED) is 0.417. The van der Waals surface area contributed by atoms with Gasteiger partial charge in [-0.1, -0.05) is 48.5 Å². The lowest BCUT2D eigenvalue weighted by Crippen LogP contribution is -2.21. The van der Waals surface area contributed by atoms with Crippen LogP contribution in [0.15, 0.2) is 94.7 Å². The zero-order valence-electron chi connectivity index (χ0n) is 16.9. The Kier molecular flexibility index (Phi) is 5.68. The monoisotopic (exact) mass is 437 g/mol. The second kappa shape index (κ2) is 8.58. The smallest absolute Gasteiger partial charge is 0.406 e. The molecular formula is C24H18F3N3O2. The molecule has 5 nitrogen and oxygen atoms in total. The molecule has 0 aliphatic rings. The minimum atomic E-state index is -4.77. The Balaban J connectivity index is 1.82. The summed E-state index contributed by atoms with van der Waals surface area (Å²) < 4.78 is 42.7. The lowest BCUT2D eigenvalue weighted by atomic mass is 10.0. The molecule has 0 saturated heterocycles. The number of halogens is 3. The summed E-state index contributed by atoms with van der Waals surface area (Å²) in [7, 11) is 0. The van der Waals surface area contributed by atoms with Gasteiger partial charge in [-0.15, -0.1) is 13.2 Å². The predicted octanol–water partition coefficient (Wildman–Crippen LogP) is 5.54. The van der Waals surface area contributed by atoms with E-state index < -0.39 is 6.36 Å². The van der Waals surface area contributed by atoms with Crippen molar-refractivity contribution < 1.29 is 17.9 Å². The number of ether oxygens (including phenoxy) is 1. The van der Waals surface area contributed by atoms with E-state index in [1.54, 1.807) is 19.1 Å². The number of hydrogen-bond acceptors (Lipinski definition) is 3. The molecule has 8 heteroatoms. The molecule has 32 heavy (non-hydrogen) atoms. The van der Waals surface area contributed by atoms with Gasteiger partial charge in [0, 0.05) is 11.3 Å². The fourth-order valence-electron chi connectivity index (χ4n) is 3.30. The Hall–Kier alpha value is -4.07. The SMILES string of the molecule is Cc1[nH]n(-c2ccccc2)c(=O)c1C(=Nc1ccc(OC(F)(F)F)cc1)c1ccccc1. The van der Waals surface area contributed by atoms with Crippen LogP contribution in [0.3, 0.4) is 0 Å². The number of nitrogens with one attached hydrogen (secondary N) is 1. The number of aromatic amines is 1. The van der Waals surface area contributed by atoms with Gasteiger partial charge in [-0.25, -0.2) is 9.67 Å². The van der Waals surface area contributed by atoms with E-state index in [2.05, 4.69) is 14.8 Å². The number of H-pyrrole nitrogens is 1. The molecule has 0 bridgehead atoms. The Morgan fingerprint density at radius 2 is 1.50 bits per heavy atom. The molecule has 0 unspecified atom stereocenters. The summed E-state index contributed by atoms with van der Waals surface area (Å²) >= 11 is 0. The first kappa shape index (κ1) is 21.2. The van der Waals surface area contributed by atoms with Crippen LogP contribution < -0.4 is 10.3 Å². The van der Waals surface area contributed by atoms with Gasteiger partial charge in [0.25, 0.3) is 5.56 Å². The second-order valence-electron chi connectivity index (χ2n) is 6.96. The molecule has 0 saturated carbocycles. The Labute approximate surface area is 181 Å². The summed E-state index contributed by atoms with van der Waals surface area (Å²) in [6.45, 7) is 1.77. The van der Waals surface area contributed by atoms with Gasteiger partial charge in [-0.05, 0) is 43.3 Å². The summed E-state index contributed by atoms with van der Waals surface area (Å²) in [5.74, 6) is -0.345. The highest BCUT2D eigenvalue weighted by Crippen LogP contribution is 2.26. The van der Waals surface area contributed by atoms with E-state index >= 15 is 0 Å². The number of aromatic nitrogens is 2. The van der Waals surface area contributed by atoms with Crippen molar-refractivity contribution in [1.29, 1.82) is 0 Å². The zero-order chi connectivity index (χ0) is 22.7. The van der Waals surface area contributed by atoms with Gasteiger partial charge in [-0.3, -0.25) is 9.89 Å². The van der Waals surface area contributed by atoms with Crippen LogP contribution in [0.5, 0.6) is 5.75 Å². The van der Waals surface area contributed by atoms with E-state index in [4.69, 9.17) is 0 Å². The van der Waals surface area contributed by atoms with Crippen molar-refractivity contribution in [3.8, 4) is 11.4 Å². The second-order valence-corrected chi connectivity index (χ2v) is 6.96. The van der Waals surface area contributed by atoms with Gasteiger partial charge in [0.05, 0.1) is 22.6 Å². The van der Waals surface area contributed by atoms with Crippen molar-refractivity contribution in [3.63, 3.8) is 0 Å². The molecule has 1 aromatic heterocycles. The summed E-state index contributed by atoms with van der Waals surface area (Å²) in [6.07, 6.45) is -4.77. The average Bonchev–Trinajstić information content (AvgIpc) is 3.07. The van der Waals surface area contributed by atoms with E-state index in [1.165, 1.54) is 28.9 Å². The molecule has 0 aliphatic carbocycles. The molecular weight excluding hydrogens is 419 g/mol. The maximum Gasteiger partial charge on any atom is 0.573 e. The predicted molar refractivity (Wildman–Crippen MR) is 116 cm³/mol. The summed E-state index contributed by atoms with van der Waals surface area (Å²) in [4.78, 5) is 17.9. The summed E-state index contributed by atoms with van der Waals surface area (Å²) in [6, 6.07) is 23.4. The van der Waals surface area contributed by atoms with Crippen LogP contribution >= 0.6 is 0 Å². The van der Waals surface area contributed by atoms with Gasteiger partial charge in [0.15, 0.2) is 0 Å². The molecule has 4 rings (SSSR count). The zero-order valence-corrected chi connectivity index (χ0v) is 16.9. The van der Waals surface area contributed by atoms with Crippen LogP contribution in [0.4, 0.5) is 18.9 Å². The molecule has 0 atom stereocenters. The van der Waals surface area contributed by atoms with Gasteiger partial charge >= 0.3 is 6.36 Å². The fraction of sp³-hybridized carbons (Fsp3) is 0.0833. The van der Waals surface area contributed by atoms with E-state index in [9.17, 15) is 18.0 Å². The number of aliphatic imine (C=N–C) groups is 1. The van der Waals surface area contributed by atoms with Crippen molar-refractivity contribution in [3.05, 3.63) is 112 Å². The molecule has 1 N–H and O–H groups in total. The van der Waals surface area contributed by atoms with Gasteiger partial charge in [0.2, 0.25) is 0 Å². The fourth-order valence-corrected chi connectivity index (χ4v) is 3.30. The highest BCUT2D eigenvalue weighted by Gasteiger charge is 2.31. The number of benzene rings is 3. The van der Waals surface area contributed by atoms with Gasteiger partial charge < -0.3 is 4.74 Å². The van der Waals surface area contributed by atoms with Crippen molar-refractivity contribution in [2.45, 2.75) is 13.3 Å². The maximum absolute atomic E-state index is 13.3. The van der Waals surface area contributed by atoms with Gasteiger partial charge in [0.1, 0.15) is 5.75 Å². The van der Waals surface area contributed by atoms with Crippen LogP contribution in [-0.2, 0) is 0 Å². The number of rotatable bonds is 5. The lowest BCUT2D eigenvalue weighted by molar-refractivity contribution is -0.274. The van der Waals surface area contributed by atoms with Crippen LogP contribution in [0.1, 0.15) is 16.8 Å². The first-order valence-electron chi connectivity index (χ1n) is 9.69. The molecule has 0 spiro atoms. The molecule has 3 aromatic carbocycles. The largest absolute Gasteiger partial charge is 0.573 e. The number of alkyl halides is 3. The Morgan fingerprint density at radius 3 is 2.09 bits per heavy atom. The first-order valence-corrected chi connectivity index (χ1v) is 9.69. The Morgan fingerprint density at radius 1 is 0.906 bits per heavy atom. The van der Waals surface area contributed by atoms with Crippen LogP contribution in [0.2, 0.25) is 0 Å². The number of para-hydroxylation sites is 1. The van der Waals surface area contributed by atoms with E-state index in [1.807, 2.05) is 48.5 Å². The molecule has 4 aromatic rings. The third kappa shape index (κ3) is 4.64. The maximum atomic E-state index is 13.3. The van der Waals surface area contributed by atoms with Gasteiger partial charge in [-0.2, -0.15) is 0 Å². The molecule has 0 radical (unpaired) electrons. The number of aryl methyl sites for hydroxylation is 1. The summed E-state index contributed by atoms with van der Waals surface area (Å²) in [5.41, 5.74) is 2.85. The van der Waals surface area contributed by atoms with Crippen molar-refractivity contribution in [2.24, 2.45) is 4.99 Å². The first-order chi connectivity index (χ1) is 15.3. The molecule has 162 valence electrons. The topological polar surface area (TPSA) is 59.4 Å². The average molecular weight is 437 g/mol. The molecule has 0 amide bonds. The number of nitrogens with zero attached hydrogens (tertiary/aromatic N) is 2. The minimum Gasteiger partial charge on any atom is -0.406 e. The van der Waals surface area contributed by atoms with Crippen molar-refractivity contribution >= 4 is 11.4 Å². The van der Waals surface area contributed by atoms with Crippen LogP contribution in [0, 0.1) is 6.92 Å². The third-order valence-electron chi connectivity index (χ3n) is 4.68. The van der Waals surface area contributed by atoms with Crippen LogP contribution in [-0.4, -0.2) is 21.9 Å². The van der Waals surface area contributed by atoms with Crippen molar-refractivity contribution in [1.82, 2.24) is 9.78 Å².